The van der Waals surface area contributed by atoms with Crippen molar-refractivity contribution in [3.8, 4) is 0 Å². The van der Waals surface area contributed by atoms with Gasteiger partial charge in [-0.15, -0.1) is 0 Å². The molecule has 5 heteroatoms. The van der Waals surface area contributed by atoms with Crippen molar-refractivity contribution in [1.29, 1.82) is 0 Å². The van der Waals surface area contributed by atoms with Crippen molar-refractivity contribution in [1.82, 2.24) is 4.57 Å². The third kappa shape index (κ3) is 2.69. The summed E-state index contributed by atoms with van der Waals surface area (Å²) in [4.78, 5) is 11.5. The molecule has 1 heterocycles. The first-order valence-corrected chi connectivity index (χ1v) is 6.75. The summed E-state index contributed by atoms with van der Waals surface area (Å²) in [5.74, 6) is -0.929. The Balaban J connectivity index is 2.68. The minimum Gasteiger partial charge on any atom is -0.478 e. The van der Waals surface area contributed by atoms with E-state index in [1.54, 1.807) is 6.07 Å². The summed E-state index contributed by atoms with van der Waals surface area (Å²) >= 11 is 0. The smallest absolute Gasteiger partial charge is 0.337 e. The van der Waals surface area contributed by atoms with Gasteiger partial charge in [0.1, 0.15) is 0 Å². The Bertz CT molecular complexity index is 632. The zero-order valence-corrected chi connectivity index (χ0v) is 11.6. The van der Waals surface area contributed by atoms with Crippen molar-refractivity contribution < 1.29 is 15.0 Å². The first-order chi connectivity index (χ1) is 9.58. The normalized spacial score (nSPS) is 11.2. The number of hydrogen-bond donors (Lipinski definition) is 3. The molecule has 1 aromatic heterocycles. The molecule has 1 aromatic carbocycles. The number of nitrogens with zero attached hydrogens (tertiary/aromatic N) is 1. The molecule has 5 nitrogen and oxygen atoms in total. The van der Waals surface area contributed by atoms with E-state index >= 15 is 0 Å². The summed E-state index contributed by atoms with van der Waals surface area (Å²) in [6.45, 7) is 3.10. The van der Waals surface area contributed by atoms with Crippen LogP contribution in [-0.4, -0.2) is 33.9 Å². The van der Waals surface area contributed by atoms with Crippen molar-refractivity contribution in [2.75, 3.05) is 13.2 Å². The number of aromatic nitrogens is 1. The van der Waals surface area contributed by atoms with E-state index in [1.807, 2.05) is 23.8 Å². The van der Waals surface area contributed by atoms with E-state index in [0.29, 0.717) is 31.5 Å². The molecule has 0 aliphatic heterocycles. The Labute approximate surface area is 117 Å². The molecule has 20 heavy (non-hydrogen) atoms. The van der Waals surface area contributed by atoms with Crippen LogP contribution in [-0.2, 0) is 13.0 Å². The highest BCUT2D eigenvalue weighted by Gasteiger charge is 2.16. The summed E-state index contributed by atoms with van der Waals surface area (Å²) < 4.78 is 1.92. The van der Waals surface area contributed by atoms with E-state index in [0.717, 1.165) is 22.0 Å². The SMILES string of the molecule is Cc1cc(C(=O)O)c2c(c1)c(CCN)cn2CCCO. The maximum Gasteiger partial charge on any atom is 0.337 e. The second-order valence-corrected chi connectivity index (χ2v) is 4.98. The van der Waals surface area contributed by atoms with Crippen LogP contribution in [0.3, 0.4) is 0 Å². The van der Waals surface area contributed by atoms with E-state index in [2.05, 4.69) is 0 Å². The molecular formula is C15H20N2O3. The molecule has 0 radical (unpaired) electrons. The summed E-state index contributed by atoms with van der Waals surface area (Å²) in [7, 11) is 0. The van der Waals surface area contributed by atoms with Gasteiger partial charge in [0.15, 0.2) is 0 Å². The quantitative estimate of drug-likeness (QED) is 0.746. The molecule has 4 N–H and O–H groups in total. The molecule has 0 aliphatic rings. The molecular weight excluding hydrogens is 256 g/mol. The number of carboxylic acid groups (broad SMARTS) is 1. The van der Waals surface area contributed by atoms with E-state index < -0.39 is 5.97 Å². The zero-order valence-electron chi connectivity index (χ0n) is 11.6. The third-order valence-electron chi connectivity index (χ3n) is 3.40. The Morgan fingerprint density at radius 2 is 2.15 bits per heavy atom. The Morgan fingerprint density at radius 1 is 1.40 bits per heavy atom. The fraction of sp³-hybridized carbons (Fsp3) is 0.400. The number of carboxylic acids is 1. The van der Waals surface area contributed by atoms with Crippen LogP contribution in [0.5, 0.6) is 0 Å². The number of fused-ring (bicyclic) bond motifs is 1. The average molecular weight is 276 g/mol. The van der Waals surface area contributed by atoms with Gasteiger partial charge in [0.25, 0.3) is 0 Å². The van der Waals surface area contributed by atoms with Gasteiger partial charge in [0.05, 0.1) is 11.1 Å². The zero-order chi connectivity index (χ0) is 14.7. The van der Waals surface area contributed by atoms with Crippen LogP contribution in [0.2, 0.25) is 0 Å². The molecule has 0 unspecified atom stereocenters. The molecule has 0 atom stereocenters. The number of hydrogen-bond acceptors (Lipinski definition) is 3. The highest BCUT2D eigenvalue weighted by atomic mass is 16.4. The topological polar surface area (TPSA) is 88.5 Å². The minimum atomic E-state index is -0.929. The third-order valence-corrected chi connectivity index (χ3v) is 3.40. The molecule has 0 spiro atoms. The van der Waals surface area contributed by atoms with Gasteiger partial charge in [0, 0.05) is 24.7 Å². The number of nitrogens with two attached hydrogens (primary N) is 1. The fourth-order valence-corrected chi connectivity index (χ4v) is 2.59. The average Bonchev–Trinajstić information content (AvgIpc) is 2.74. The molecule has 0 amide bonds. The van der Waals surface area contributed by atoms with Gasteiger partial charge in [-0.2, -0.15) is 0 Å². The van der Waals surface area contributed by atoms with E-state index in [4.69, 9.17) is 10.8 Å². The number of aliphatic hydroxyl groups is 1. The molecule has 0 saturated carbocycles. The van der Waals surface area contributed by atoms with Crippen molar-refractivity contribution in [3.63, 3.8) is 0 Å². The van der Waals surface area contributed by atoms with E-state index in [-0.39, 0.29) is 6.61 Å². The maximum atomic E-state index is 11.5. The highest BCUT2D eigenvalue weighted by Crippen LogP contribution is 2.27. The predicted octanol–water partition coefficient (Wildman–Crippen LogP) is 1.53. The Hall–Kier alpha value is -1.85. The first kappa shape index (κ1) is 14.6. The number of rotatable bonds is 6. The lowest BCUT2D eigenvalue weighted by Gasteiger charge is -2.07. The van der Waals surface area contributed by atoms with Gasteiger partial charge in [-0.05, 0) is 49.6 Å². The molecule has 108 valence electrons. The number of benzene rings is 1. The second kappa shape index (κ2) is 6.07. The first-order valence-electron chi connectivity index (χ1n) is 6.75. The monoisotopic (exact) mass is 276 g/mol. The number of carbonyl (C=O) groups is 1. The molecule has 0 fully saturated rings. The van der Waals surface area contributed by atoms with Crippen LogP contribution in [0.15, 0.2) is 18.3 Å². The van der Waals surface area contributed by atoms with Gasteiger partial charge >= 0.3 is 5.97 Å². The van der Waals surface area contributed by atoms with Crippen molar-refractivity contribution >= 4 is 16.9 Å². The van der Waals surface area contributed by atoms with Gasteiger partial charge in [-0.1, -0.05) is 0 Å². The lowest BCUT2D eigenvalue weighted by molar-refractivity contribution is 0.0698. The second-order valence-electron chi connectivity index (χ2n) is 4.98. The molecule has 0 bridgehead atoms. The standard InChI is InChI=1S/C15H20N2O3/c1-10-7-12-11(3-4-16)9-17(5-2-6-18)14(12)13(8-10)15(19)20/h7-9,18H,2-6,16H2,1H3,(H,19,20). The maximum absolute atomic E-state index is 11.5. The molecule has 0 saturated heterocycles. The van der Waals surface area contributed by atoms with Crippen molar-refractivity contribution in [3.05, 3.63) is 35.0 Å². The lowest BCUT2D eigenvalue weighted by atomic mass is 10.0. The fourth-order valence-electron chi connectivity index (χ4n) is 2.59. The van der Waals surface area contributed by atoms with Crippen LogP contribution in [0.4, 0.5) is 0 Å². The minimum absolute atomic E-state index is 0.0835. The molecule has 2 rings (SSSR count). The van der Waals surface area contributed by atoms with Crippen LogP contribution in [0, 0.1) is 6.92 Å². The van der Waals surface area contributed by atoms with Gasteiger partial charge < -0.3 is 20.5 Å². The number of aliphatic hydroxyl groups excluding tert-OH is 1. The number of aryl methyl sites for hydroxylation is 2. The van der Waals surface area contributed by atoms with Crippen molar-refractivity contribution in [2.24, 2.45) is 5.73 Å². The van der Waals surface area contributed by atoms with Gasteiger partial charge in [-0.25, -0.2) is 4.79 Å². The van der Waals surface area contributed by atoms with Crippen LogP contribution in [0.25, 0.3) is 10.9 Å². The molecule has 2 aromatic rings. The van der Waals surface area contributed by atoms with Crippen LogP contribution >= 0.6 is 0 Å². The van der Waals surface area contributed by atoms with Crippen LogP contribution in [0.1, 0.15) is 27.9 Å². The molecule has 0 aliphatic carbocycles. The van der Waals surface area contributed by atoms with Gasteiger partial charge in [-0.3, -0.25) is 0 Å². The van der Waals surface area contributed by atoms with E-state index in [9.17, 15) is 9.90 Å². The Morgan fingerprint density at radius 3 is 2.75 bits per heavy atom. The predicted molar refractivity (Wildman–Crippen MR) is 78.1 cm³/mol. The summed E-state index contributed by atoms with van der Waals surface area (Å²) in [6, 6.07) is 3.69. The highest BCUT2D eigenvalue weighted by molar-refractivity contribution is 6.03. The summed E-state index contributed by atoms with van der Waals surface area (Å²) in [6.07, 6.45) is 3.27. The largest absolute Gasteiger partial charge is 0.478 e. The van der Waals surface area contributed by atoms with Gasteiger partial charge in [0.2, 0.25) is 0 Å². The summed E-state index contributed by atoms with van der Waals surface area (Å²) in [5.41, 5.74) is 8.65. The number of aromatic carboxylic acids is 1. The van der Waals surface area contributed by atoms with Crippen LogP contribution < -0.4 is 5.73 Å². The van der Waals surface area contributed by atoms with E-state index in [1.165, 1.54) is 0 Å². The summed E-state index contributed by atoms with van der Waals surface area (Å²) in [5, 5.41) is 19.3. The Kier molecular flexibility index (Phi) is 4.42. The van der Waals surface area contributed by atoms with Crippen molar-refractivity contribution in [2.45, 2.75) is 26.3 Å². The lowest BCUT2D eigenvalue weighted by Crippen LogP contribution is -2.04.